The van der Waals surface area contributed by atoms with Crippen molar-refractivity contribution in [2.45, 2.75) is 45.4 Å². The van der Waals surface area contributed by atoms with Crippen molar-refractivity contribution in [3.63, 3.8) is 0 Å². The van der Waals surface area contributed by atoms with Crippen LogP contribution in [0.2, 0.25) is 0 Å². The lowest BCUT2D eigenvalue weighted by Crippen LogP contribution is -2.50. The predicted octanol–water partition coefficient (Wildman–Crippen LogP) is -0.768. The van der Waals surface area contributed by atoms with Crippen molar-refractivity contribution in [2.24, 2.45) is 0 Å². The van der Waals surface area contributed by atoms with Crippen LogP contribution in [0.15, 0.2) is 0 Å². The highest BCUT2D eigenvalue weighted by atomic mass is 16.3. The molecule has 0 aliphatic rings. The van der Waals surface area contributed by atoms with Crippen LogP contribution in [0.4, 0.5) is 0 Å². The number of aliphatic hydroxyl groups excluding tert-OH is 2. The summed E-state index contributed by atoms with van der Waals surface area (Å²) < 4.78 is 0. The molecule has 0 bridgehead atoms. The molecular formula is C10H22N2O3. The molecular weight excluding hydrogens is 196 g/mol. The monoisotopic (exact) mass is 218 g/mol. The van der Waals surface area contributed by atoms with Crippen LogP contribution in [0.3, 0.4) is 0 Å². The second-order valence-corrected chi connectivity index (χ2v) is 4.71. The van der Waals surface area contributed by atoms with Crippen molar-refractivity contribution in [3.8, 4) is 0 Å². The van der Waals surface area contributed by atoms with Crippen LogP contribution in [-0.2, 0) is 4.79 Å². The van der Waals surface area contributed by atoms with E-state index in [4.69, 9.17) is 10.2 Å². The smallest absolute Gasteiger partial charge is 0.237 e. The molecule has 4 N–H and O–H groups in total. The Morgan fingerprint density at radius 2 is 1.93 bits per heavy atom. The van der Waals surface area contributed by atoms with Gasteiger partial charge < -0.3 is 20.8 Å². The van der Waals surface area contributed by atoms with Crippen LogP contribution >= 0.6 is 0 Å². The highest BCUT2D eigenvalue weighted by molar-refractivity contribution is 5.81. The van der Waals surface area contributed by atoms with E-state index in [1.807, 2.05) is 20.8 Å². The Morgan fingerprint density at radius 1 is 1.40 bits per heavy atom. The van der Waals surface area contributed by atoms with Gasteiger partial charge in [-0.15, -0.1) is 0 Å². The Hall–Kier alpha value is -0.650. The van der Waals surface area contributed by atoms with Gasteiger partial charge in [0.05, 0.1) is 18.8 Å². The van der Waals surface area contributed by atoms with Gasteiger partial charge in [-0.2, -0.15) is 0 Å². The van der Waals surface area contributed by atoms with E-state index in [2.05, 4.69) is 10.6 Å². The van der Waals surface area contributed by atoms with Gasteiger partial charge in [-0.05, 0) is 27.7 Å². The summed E-state index contributed by atoms with van der Waals surface area (Å²) in [7, 11) is 0. The van der Waals surface area contributed by atoms with E-state index in [9.17, 15) is 4.79 Å². The molecule has 0 heterocycles. The molecule has 5 nitrogen and oxygen atoms in total. The lowest BCUT2D eigenvalue weighted by molar-refractivity contribution is -0.124. The summed E-state index contributed by atoms with van der Waals surface area (Å²) >= 11 is 0. The molecule has 2 unspecified atom stereocenters. The lowest BCUT2D eigenvalue weighted by Gasteiger charge is -2.24. The maximum absolute atomic E-state index is 11.5. The van der Waals surface area contributed by atoms with E-state index in [0.29, 0.717) is 0 Å². The fraction of sp³-hybridized carbons (Fsp3) is 0.900. The second-order valence-electron chi connectivity index (χ2n) is 4.71. The Morgan fingerprint density at radius 3 is 2.33 bits per heavy atom. The molecule has 0 rings (SSSR count). The van der Waals surface area contributed by atoms with Crippen molar-refractivity contribution in [1.29, 1.82) is 0 Å². The minimum absolute atomic E-state index is 0.118. The average Bonchev–Trinajstić information content (AvgIpc) is 2.10. The van der Waals surface area contributed by atoms with Crippen LogP contribution in [0, 0.1) is 0 Å². The number of hydrogen-bond donors (Lipinski definition) is 4. The van der Waals surface area contributed by atoms with E-state index < -0.39 is 6.10 Å². The lowest BCUT2D eigenvalue weighted by atomic mass is 10.1. The normalized spacial score (nSPS) is 15.9. The molecule has 2 atom stereocenters. The maximum Gasteiger partial charge on any atom is 0.237 e. The highest BCUT2D eigenvalue weighted by Gasteiger charge is 2.19. The molecule has 0 saturated heterocycles. The van der Waals surface area contributed by atoms with E-state index in [1.165, 1.54) is 0 Å². The Kier molecular flexibility index (Phi) is 5.79. The van der Waals surface area contributed by atoms with E-state index >= 15 is 0 Å². The minimum atomic E-state index is -0.824. The standard InChI is InChI=1S/C10H22N2O3/c1-7(11-5-8(14)6-13)9(15)12-10(2,3)4/h7-8,11,13-14H,5-6H2,1-4H3,(H,12,15). The zero-order valence-electron chi connectivity index (χ0n) is 9.87. The number of carbonyl (C=O) groups is 1. The zero-order valence-corrected chi connectivity index (χ0v) is 9.87. The van der Waals surface area contributed by atoms with Crippen molar-refractivity contribution in [2.75, 3.05) is 13.2 Å². The third kappa shape index (κ3) is 7.30. The largest absolute Gasteiger partial charge is 0.394 e. The van der Waals surface area contributed by atoms with Gasteiger partial charge in [-0.25, -0.2) is 0 Å². The van der Waals surface area contributed by atoms with Crippen molar-refractivity contribution in [3.05, 3.63) is 0 Å². The first-order chi connectivity index (χ1) is 6.76. The van der Waals surface area contributed by atoms with Crippen LogP contribution in [0.1, 0.15) is 27.7 Å². The predicted molar refractivity (Wildman–Crippen MR) is 58.5 cm³/mol. The molecule has 0 aromatic carbocycles. The fourth-order valence-corrected chi connectivity index (χ4v) is 0.948. The number of rotatable bonds is 5. The topological polar surface area (TPSA) is 81.6 Å². The number of hydrogen-bond acceptors (Lipinski definition) is 4. The van der Waals surface area contributed by atoms with Crippen molar-refractivity contribution < 1.29 is 15.0 Å². The van der Waals surface area contributed by atoms with E-state index in [0.717, 1.165) is 0 Å². The number of aliphatic hydroxyl groups is 2. The molecule has 90 valence electrons. The summed E-state index contributed by atoms with van der Waals surface area (Å²) in [5, 5.41) is 23.3. The van der Waals surface area contributed by atoms with Gasteiger partial charge in [0.1, 0.15) is 0 Å². The first-order valence-electron chi connectivity index (χ1n) is 5.10. The summed E-state index contributed by atoms with van der Waals surface area (Å²) in [4.78, 5) is 11.5. The molecule has 0 aliphatic heterocycles. The summed E-state index contributed by atoms with van der Waals surface area (Å²) in [5.74, 6) is -0.118. The molecule has 15 heavy (non-hydrogen) atoms. The summed E-state index contributed by atoms with van der Waals surface area (Å²) in [5.41, 5.74) is -0.261. The quantitative estimate of drug-likeness (QED) is 0.488. The van der Waals surface area contributed by atoms with Crippen LogP contribution in [0.5, 0.6) is 0 Å². The number of nitrogens with one attached hydrogen (secondary N) is 2. The van der Waals surface area contributed by atoms with E-state index in [1.54, 1.807) is 6.92 Å². The molecule has 0 aromatic heterocycles. The van der Waals surface area contributed by atoms with Gasteiger partial charge in [0, 0.05) is 12.1 Å². The summed E-state index contributed by atoms with van der Waals surface area (Å²) in [6, 6.07) is -0.384. The molecule has 0 spiro atoms. The van der Waals surface area contributed by atoms with Gasteiger partial charge in [0.25, 0.3) is 0 Å². The third-order valence-electron chi connectivity index (χ3n) is 1.76. The van der Waals surface area contributed by atoms with Crippen LogP contribution < -0.4 is 10.6 Å². The first kappa shape index (κ1) is 14.3. The van der Waals surface area contributed by atoms with Crippen molar-refractivity contribution >= 4 is 5.91 Å². The van der Waals surface area contributed by atoms with Gasteiger partial charge >= 0.3 is 0 Å². The Balaban J connectivity index is 3.90. The number of carbonyl (C=O) groups excluding carboxylic acids is 1. The van der Waals surface area contributed by atoms with E-state index in [-0.39, 0.29) is 30.6 Å². The third-order valence-corrected chi connectivity index (χ3v) is 1.76. The van der Waals surface area contributed by atoms with Crippen LogP contribution in [-0.4, -0.2) is 47.0 Å². The van der Waals surface area contributed by atoms with Crippen LogP contribution in [0.25, 0.3) is 0 Å². The molecule has 1 amide bonds. The van der Waals surface area contributed by atoms with Crippen molar-refractivity contribution in [1.82, 2.24) is 10.6 Å². The maximum atomic E-state index is 11.5. The molecule has 0 aromatic rings. The van der Waals surface area contributed by atoms with Gasteiger partial charge in [-0.3, -0.25) is 4.79 Å². The summed E-state index contributed by atoms with van der Waals surface area (Å²) in [6.07, 6.45) is -0.824. The first-order valence-corrected chi connectivity index (χ1v) is 5.10. The molecule has 0 radical (unpaired) electrons. The molecule has 0 saturated carbocycles. The second kappa shape index (κ2) is 6.05. The number of amides is 1. The highest BCUT2D eigenvalue weighted by Crippen LogP contribution is 1.99. The van der Waals surface area contributed by atoms with Gasteiger partial charge in [-0.1, -0.05) is 0 Å². The molecule has 5 heteroatoms. The zero-order chi connectivity index (χ0) is 12.1. The summed E-state index contributed by atoms with van der Waals surface area (Å²) in [6.45, 7) is 7.32. The fourth-order valence-electron chi connectivity index (χ4n) is 0.948. The Labute approximate surface area is 90.9 Å². The van der Waals surface area contributed by atoms with Gasteiger partial charge in [0.15, 0.2) is 0 Å². The van der Waals surface area contributed by atoms with Gasteiger partial charge in [0.2, 0.25) is 5.91 Å². The minimum Gasteiger partial charge on any atom is -0.394 e. The molecule has 0 aliphatic carbocycles. The molecule has 0 fully saturated rings. The average molecular weight is 218 g/mol. The SMILES string of the molecule is CC(NCC(O)CO)C(=O)NC(C)(C)C. The Bertz CT molecular complexity index is 201.